The standard InChI is InChI=1S/C15H15F3O2/c1-9-3-4-11(15(16,17)18)8-13(9)14-6-5-12(20-14)7-10(2)19/h3-6,8,10,19H,7H2,1-2H3. The fourth-order valence-corrected chi connectivity index (χ4v) is 1.99. The molecule has 1 N–H and O–H groups in total. The number of aliphatic hydroxyl groups excluding tert-OH is 1. The van der Waals surface area contributed by atoms with Crippen LogP contribution in [-0.4, -0.2) is 11.2 Å². The molecular formula is C15H15F3O2. The number of hydrogen-bond donors (Lipinski definition) is 1. The predicted molar refractivity (Wildman–Crippen MR) is 69.3 cm³/mol. The number of aliphatic hydroxyl groups is 1. The summed E-state index contributed by atoms with van der Waals surface area (Å²) in [6.45, 7) is 3.35. The maximum atomic E-state index is 12.7. The van der Waals surface area contributed by atoms with Gasteiger partial charge < -0.3 is 9.52 Å². The SMILES string of the molecule is Cc1ccc(C(F)(F)F)cc1-c1ccc(CC(C)O)o1. The Morgan fingerprint density at radius 1 is 1.20 bits per heavy atom. The quantitative estimate of drug-likeness (QED) is 0.916. The summed E-state index contributed by atoms with van der Waals surface area (Å²) in [7, 11) is 0. The summed E-state index contributed by atoms with van der Waals surface area (Å²) in [5.41, 5.74) is 0.416. The summed E-state index contributed by atoms with van der Waals surface area (Å²) in [5.74, 6) is 0.927. The highest BCUT2D eigenvalue weighted by Crippen LogP contribution is 2.34. The van der Waals surface area contributed by atoms with Gasteiger partial charge in [-0.1, -0.05) is 6.07 Å². The number of halogens is 3. The van der Waals surface area contributed by atoms with Crippen LogP contribution in [0.3, 0.4) is 0 Å². The Balaban J connectivity index is 2.39. The molecule has 5 heteroatoms. The van der Waals surface area contributed by atoms with Crippen molar-refractivity contribution in [3.8, 4) is 11.3 Å². The minimum Gasteiger partial charge on any atom is -0.461 e. The van der Waals surface area contributed by atoms with E-state index in [0.717, 1.165) is 12.1 Å². The Bertz CT molecular complexity index is 597. The lowest BCUT2D eigenvalue weighted by molar-refractivity contribution is -0.137. The van der Waals surface area contributed by atoms with Crippen LogP contribution in [0.5, 0.6) is 0 Å². The van der Waals surface area contributed by atoms with E-state index in [1.54, 1.807) is 26.0 Å². The van der Waals surface area contributed by atoms with Gasteiger partial charge in [0, 0.05) is 12.0 Å². The molecule has 0 saturated heterocycles. The molecule has 0 aliphatic carbocycles. The molecule has 0 radical (unpaired) electrons. The van der Waals surface area contributed by atoms with Gasteiger partial charge in [-0.3, -0.25) is 0 Å². The van der Waals surface area contributed by atoms with Gasteiger partial charge in [0.2, 0.25) is 0 Å². The number of hydrogen-bond acceptors (Lipinski definition) is 2. The number of aryl methyl sites for hydroxylation is 1. The largest absolute Gasteiger partial charge is 0.461 e. The summed E-state index contributed by atoms with van der Waals surface area (Å²) in [4.78, 5) is 0. The van der Waals surface area contributed by atoms with Crippen LogP contribution < -0.4 is 0 Å². The fraction of sp³-hybridized carbons (Fsp3) is 0.333. The van der Waals surface area contributed by atoms with Crippen LogP contribution in [0.25, 0.3) is 11.3 Å². The first kappa shape index (κ1) is 14.7. The number of furan rings is 1. The predicted octanol–water partition coefficient (Wildman–Crippen LogP) is 4.20. The zero-order valence-electron chi connectivity index (χ0n) is 11.2. The Labute approximate surface area is 114 Å². The van der Waals surface area contributed by atoms with Crippen molar-refractivity contribution in [1.29, 1.82) is 0 Å². The van der Waals surface area contributed by atoms with Gasteiger partial charge in [0.05, 0.1) is 11.7 Å². The molecule has 0 amide bonds. The molecule has 1 aromatic heterocycles. The van der Waals surface area contributed by atoms with Crippen LogP contribution in [0.15, 0.2) is 34.7 Å². The average molecular weight is 284 g/mol. The third-order valence-electron chi connectivity index (χ3n) is 2.99. The van der Waals surface area contributed by atoms with Crippen LogP contribution >= 0.6 is 0 Å². The summed E-state index contributed by atoms with van der Waals surface area (Å²) < 4.78 is 43.7. The van der Waals surface area contributed by atoms with E-state index in [-0.39, 0.29) is 0 Å². The Morgan fingerprint density at radius 2 is 1.90 bits per heavy atom. The normalized spacial score (nSPS) is 13.5. The average Bonchev–Trinajstić information content (AvgIpc) is 2.75. The topological polar surface area (TPSA) is 33.4 Å². The Hall–Kier alpha value is -1.75. The zero-order valence-corrected chi connectivity index (χ0v) is 11.2. The van der Waals surface area contributed by atoms with Crippen molar-refractivity contribution in [2.75, 3.05) is 0 Å². The molecule has 2 aromatic rings. The molecule has 108 valence electrons. The van der Waals surface area contributed by atoms with E-state index in [4.69, 9.17) is 4.42 Å². The molecule has 2 nitrogen and oxygen atoms in total. The molecule has 0 fully saturated rings. The van der Waals surface area contributed by atoms with Crippen LogP contribution in [0.2, 0.25) is 0 Å². The van der Waals surface area contributed by atoms with Crippen molar-refractivity contribution in [1.82, 2.24) is 0 Å². The summed E-state index contributed by atoms with van der Waals surface area (Å²) in [6, 6.07) is 6.86. The number of alkyl halides is 3. The van der Waals surface area contributed by atoms with Gasteiger partial charge in [-0.05, 0) is 43.7 Å². The minimum absolute atomic E-state index is 0.331. The first-order chi connectivity index (χ1) is 9.27. The van der Waals surface area contributed by atoms with Crippen molar-refractivity contribution >= 4 is 0 Å². The number of benzene rings is 1. The van der Waals surface area contributed by atoms with Gasteiger partial charge in [0.15, 0.2) is 0 Å². The summed E-state index contributed by atoms with van der Waals surface area (Å²) >= 11 is 0. The molecule has 20 heavy (non-hydrogen) atoms. The van der Waals surface area contributed by atoms with E-state index in [9.17, 15) is 18.3 Å². The molecule has 0 aliphatic rings. The van der Waals surface area contributed by atoms with Gasteiger partial charge in [-0.15, -0.1) is 0 Å². The third kappa shape index (κ3) is 3.22. The van der Waals surface area contributed by atoms with Crippen LogP contribution in [0.4, 0.5) is 13.2 Å². The monoisotopic (exact) mass is 284 g/mol. The molecular weight excluding hydrogens is 269 g/mol. The van der Waals surface area contributed by atoms with Crippen molar-refractivity contribution in [2.24, 2.45) is 0 Å². The van der Waals surface area contributed by atoms with E-state index in [1.165, 1.54) is 6.07 Å². The lowest BCUT2D eigenvalue weighted by Crippen LogP contribution is -2.05. The van der Waals surface area contributed by atoms with Crippen molar-refractivity contribution in [3.05, 3.63) is 47.2 Å². The molecule has 1 aromatic carbocycles. The molecule has 2 rings (SSSR count). The minimum atomic E-state index is -4.38. The van der Waals surface area contributed by atoms with Gasteiger partial charge in [0.25, 0.3) is 0 Å². The highest BCUT2D eigenvalue weighted by Gasteiger charge is 2.31. The van der Waals surface area contributed by atoms with E-state index in [1.807, 2.05) is 0 Å². The highest BCUT2D eigenvalue weighted by molar-refractivity contribution is 5.63. The summed E-state index contributed by atoms with van der Waals surface area (Å²) in [5, 5.41) is 9.28. The van der Waals surface area contributed by atoms with Crippen LogP contribution in [0.1, 0.15) is 23.8 Å². The van der Waals surface area contributed by atoms with Gasteiger partial charge in [-0.25, -0.2) is 0 Å². The van der Waals surface area contributed by atoms with Crippen molar-refractivity contribution in [2.45, 2.75) is 32.5 Å². The molecule has 1 atom stereocenters. The van der Waals surface area contributed by atoms with Crippen molar-refractivity contribution in [3.63, 3.8) is 0 Å². The molecule has 0 spiro atoms. The Morgan fingerprint density at radius 3 is 2.50 bits per heavy atom. The third-order valence-corrected chi connectivity index (χ3v) is 2.99. The van der Waals surface area contributed by atoms with Gasteiger partial charge in [0.1, 0.15) is 11.5 Å². The van der Waals surface area contributed by atoms with Crippen LogP contribution in [0, 0.1) is 6.92 Å². The second-order valence-corrected chi connectivity index (χ2v) is 4.85. The van der Waals surface area contributed by atoms with Gasteiger partial charge in [-0.2, -0.15) is 13.2 Å². The maximum absolute atomic E-state index is 12.7. The Kier molecular flexibility index (Phi) is 3.90. The smallest absolute Gasteiger partial charge is 0.416 e. The summed E-state index contributed by atoms with van der Waals surface area (Å²) in [6.07, 6.45) is -4.60. The van der Waals surface area contributed by atoms with Gasteiger partial charge >= 0.3 is 6.18 Å². The zero-order chi connectivity index (χ0) is 14.9. The molecule has 1 unspecified atom stereocenters. The first-order valence-corrected chi connectivity index (χ1v) is 6.22. The molecule has 0 saturated carbocycles. The van der Waals surface area contributed by atoms with E-state index in [0.29, 0.717) is 29.1 Å². The maximum Gasteiger partial charge on any atom is 0.416 e. The lowest BCUT2D eigenvalue weighted by atomic mass is 10.0. The molecule has 0 aliphatic heterocycles. The first-order valence-electron chi connectivity index (χ1n) is 6.22. The number of rotatable bonds is 3. The van der Waals surface area contributed by atoms with Crippen LogP contribution in [-0.2, 0) is 12.6 Å². The van der Waals surface area contributed by atoms with E-state index < -0.39 is 17.8 Å². The van der Waals surface area contributed by atoms with E-state index >= 15 is 0 Å². The fourth-order valence-electron chi connectivity index (χ4n) is 1.99. The molecule has 1 heterocycles. The second kappa shape index (κ2) is 5.32. The van der Waals surface area contributed by atoms with E-state index in [2.05, 4.69) is 0 Å². The lowest BCUT2D eigenvalue weighted by Gasteiger charge is -2.10. The second-order valence-electron chi connectivity index (χ2n) is 4.85. The van der Waals surface area contributed by atoms with Crippen molar-refractivity contribution < 1.29 is 22.7 Å². The highest BCUT2D eigenvalue weighted by atomic mass is 19.4. The molecule has 0 bridgehead atoms.